The number of hydrogen-bond donors (Lipinski definition) is 1. The van der Waals surface area contributed by atoms with Gasteiger partial charge in [0, 0.05) is 36.4 Å². The lowest BCUT2D eigenvalue weighted by Crippen LogP contribution is -2.28. The van der Waals surface area contributed by atoms with Gasteiger partial charge in [0.1, 0.15) is 22.1 Å². The van der Waals surface area contributed by atoms with Crippen molar-refractivity contribution in [3.8, 4) is 17.2 Å². The van der Waals surface area contributed by atoms with Gasteiger partial charge in [-0.05, 0) is 49.4 Å². The van der Waals surface area contributed by atoms with E-state index in [1.54, 1.807) is 32.2 Å². The standard InChI is InChI=1S/C28H31ClN2O6S/c1-5-31(16-19-8-6-7-9-24(19)35-3)11-10-30-22-13-21-17-38(33,34)25-14-20(28(32)36-4)12-18(2)26(25)37-27(21)23(29)15-22/h6-9,12-15,30H,5,10-11,16-17H2,1-4H3. The molecule has 0 unspecified atom stereocenters. The molecule has 1 aliphatic heterocycles. The lowest BCUT2D eigenvalue weighted by atomic mass is 10.1. The fourth-order valence-electron chi connectivity index (χ4n) is 4.48. The number of sulfone groups is 1. The first kappa shape index (κ1) is 27.8. The smallest absolute Gasteiger partial charge is 0.337 e. The summed E-state index contributed by atoms with van der Waals surface area (Å²) in [7, 11) is -0.917. The minimum absolute atomic E-state index is 0.0606. The van der Waals surface area contributed by atoms with Crippen LogP contribution in [0, 0.1) is 6.92 Å². The van der Waals surface area contributed by atoms with E-state index in [4.69, 9.17) is 25.8 Å². The number of nitrogens with one attached hydrogen (secondary N) is 1. The summed E-state index contributed by atoms with van der Waals surface area (Å²) < 4.78 is 43.0. The van der Waals surface area contributed by atoms with Gasteiger partial charge in [0.05, 0.1) is 30.6 Å². The summed E-state index contributed by atoms with van der Waals surface area (Å²) in [6.45, 7) is 6.74. The minimum atomic E-state index is -3.83. The van der Waals surface area contributed by atoms with Crippen molar-refractivity contribution in [3.63, 3.8) is 0 Å². The number of carbonyl (C=O) groups excluding carboxylic acids is 1. The van der Waals surface area contributed by atoms with Crippen molar-refractivity contribution in [2.45, 2.75) is 31.0 Å². The number of fused-ring (bicyclic) bond motifs is 2. The normalized spacial score (nSPS) is 13.6. The Hall–Kier alpha value is -3.27. The summed E-state index contributed by atoms with van der Waals surface area (Å²) in [5, 5.41) is 3.65. The van der Waals surface area contributed by atoms with Crippen molar-refractivity contribution >= 4 is 33.1 Å². The average Bonchev–Trinajstić information content (AvgIpc) is 3.01. The van der Waals surface area contributed by atoms with Crippen molar-refractivity contribution in [3.05, 3.63) is 75.8 Å². The molecule has 1 heterocycles. The second kappa shape index (κ2) is 11.6. The van der Waals surface area contributed by atoms with Crippen LogP contribution in [0.1, 0.15) is 34.0 Å². The molecule has 3 aromatic rings. The molecule has 0 amide bonds. The van der Waals surface area contributed by atoms with E-state index in [1.165, 1.54) is 13.2 Å². The Bertz CT molecular complexity index is 1460. The van der Waals surface area contributed by atoms with E-state index in [0.717, 1.165) is 30.9 Å². The average molecular weight is 559 g/mol. The van der Waals surface area contributed by atoms with Crippen molar-refractivity contribution in [1.29, 1.82) is 0 Å². The molecule has 1 N–H and O–H groups in total. The number of anilines is 1. The van der Waals surface area contributed by atoms with Crippen LogP contribution in [0.25, 0.3) is 0 Å². The number of carbonyl (C=O) groups is 1. The molecule has 0 bridgehead atoms. The van der Waals surface area contributed by atoms with E-state index in [2.05, 4.69) is 23.2 Å². The number of ether oxygens (including phenoxy) is 3. The SMILES string of the molecule is CCN(CCNc1cc(Cl)c2c(c1)CS(=O)(=O)c1cc(C(=O)OC)cc(C)c1O2)Cc1ccccc1OC. The Kier molecular flexibility index (Phi) is 8.50. The molecule has 0 saturated carbocycles. The van der Waals surface area contributed by atoms with Crippen LogP contribution >= 0.6 is 11.6 Å². The van der Waals surface area contributed by atoms with E-state index in [9.17, 15) is 13.2 Å². The van der Waals surface area contributed by atoms with Crippen LogP contribution in [0.15, 0.2) is 53.4 Å². The molecule has 0 saturated heterocycles. The fraction of sp³-hybridized carbons (Fsp3) is 0.321. The number of rotatable bonds is 9. The molecule has 202 valence electrons. The predicted molar refractivity (Wildman–Crippen MR) is 147 cm³/mol. The van der Waals surface area contributed by atoms with E-state index < -0.39 is 15.8 Å². The largest absolute Gasteiger partial charge is 0.496 e. The van der Waals surface area contributed by atoms with Crippen LogP contribution in [0.5, 0.6) is 17.2 Å². The summed E-state index contributed by atoms with van der Waals surface area (Å²) in [5.41, 5.74) is 2.88. The van der Waals surface area contributed by atoms with Crippen LogP contribution in [0.2, 0.25) is 5.02 Å². The molecule has 3 aromatic carbocycles. The number of para-hydroxylation sites is 1. The quantitative estimate of drug-likeness (QED) is 0.346. The number of aryl methyl sites for hydroxylation is 1. The zero-order valence-corrected chi connectivity index (χ0v) is 23.4. The number of methoxy groups -OCH3 is 2. The summed E-state index contributed by atoms with van der Waals surface area (Å²) in [5.74, 6) is 0.370. The monoisotopic (exact) mass is 558 g/mol. The molecule has 0 atom stereocenters. The van der Waals surface area contributed by atoms with Gasteiger partial charge >= 0.3 is 5.97 Å². The number of benzene rings is 3. The number of halogens is 1. The van der Waals surface area contributed by atoms with Crippen LogP contribution in [0.3, 0.4) is 0 Å². The first-order chi connectivity index (χ1) is 18.2. The third-order valence-corrected chi connectivity index (χ3v) is 8.40. The van der Waals surface area contributed by atoms with E-state index in [-0.39, 0.29) is 22.0 Å². The second-order valence-electron chi connectivity index (χ2n) is 9.03. The maximum Gasteiger partial charge on any atom is 0.337 e. The maximum absolute atomic E-state index is 13.3. The van der Waals surface area contributed by atoms with Gasteiger partial charge in [-0.1, -0.05) is 36.7 Å². The fourth-order valence-corrected chi connectivity index (χ4v) is 6.33. The highest BCUT2D eigenvalue weighted by atomic mass is 35.5. The third-order valence-electron chi connectivity index (χ3n) is 6.46. The van der Waals surface area contributed by atoms with Gasteiger partial charge in [-0.3, -0.25) is 4.90 Å². The maximum atomic E-state index is 13.3. The highest BCUT2D eigenvalue weighted by molar-refractivity contribution is 7.90. The van der Waals surface area contributed by atoms with E-state index >= 15 is 0 Å². The zero-order chi connectivity index (χ0) is 27.4. The van der Waals surface area contributed by atoms with Gasteiger partial charge in [-0.2, -0.15) is 0 Å². The van der Waals surface area contributed by atoms with Crippen molar-refractivity contribution in [2.24, 2.45) is 0 Å². The summed E-state index contributed by atoms with van der Waals surface area (Å²) in [4.78, 5) is 14.3. The summed E-state index contributed by atoms with van der Waals surface area (Å²) >= 11 is 6.59. The first-order valence-corrected chi connectivity index (χ1v) is 14.2. The van der Waals surface area contributed by atoms with Crippen LogP contribution in [-0.2, 0) is 26.9 Å². The Morgan fingerprint density at radius 1 is 1.13 bits per heavy atom. The van der Waals surface area contributed by atoms with Gasteiger partial charge in [0.15, 0.2) is 9.84 Å². The molecule has 0 aliphatic carbocycles. The summed E-state index contributed by atoms with van der Waals surface area (Å²) in [6.07, 6.45) is 0. The van der Waals surface area contributed by atoms with Crippen LogP contribution < -0.4 is 14.8 Å². The second-order valence-corrected chi connectivity index (χ2v) is 11.4. The van der Waals surface area contributed by atoms with Crippen molar-refractivity contribution in [2.75, 3.05) is 39.2 Å². The molecule has 0 aromatic heterocycles. The molecular weight excluding hydrogens is 528 g/mol. The zero-order valence-electron chi connectivity index (χ0n) is 21.8. The lowest BCUT2D eigenvalue weighted by molar-refractivity contribution is 0.0600. The number of esters is 1. The Morgan fingerprint density at radius 2 is 1.89 bits per heavy atom. The van der Waals surface area contributed by atoms with Gasteiger partial charge < -0.3 is 19.5 Å². The van der Waals surface area contributed by atoms with E-state index in [0.29, 0.717) is 34.1 Å². The molecule has 10 heteroatoms. The van der Waals surface area contributed by atoms with Gasteiger partial charge in [-0.15, -0.1) is 0 Å². The van der Waals surface area contributed by atoms with Crippen LogP contribution in [0.4, 0.5) is 5.69 Å². The molecule has 38 heavy (non-hydrogen) atoms. The lowest BCUT2D eigenvalue weighted by Gasteiger charge is -2.22. The number of nitrogens with zero attached hydrogens (tertiary/aromatic N) is 1. The summed E-state index contributed by atoms with van der Waals surface area (Å²) in [6, 6.07) is 14.3. The van der Waals surface area contributed by atoms with Gasteiger partial charge in [0.2, 0.25) is 0 Å². The number of likely N-dealkylation sites (N-methyl/N-ethyl adjacent to an activating group) is 1. The van der Waals surface area contributed by atoms with Crippen LogP contribution in [-0.4, -0.2) is 53.1 Å². The molecule has 0 radical (unpaired) electrons. The third kappa shape index (κ3) is 5.90. The van der Waals surface area contributed by atoms with Gasteiger partial charge in [0.25, 0.3) is 0 Å². The Morgan fingerprint density at radius 3 is 2.61 bits per heavy atom. The number of hydrogen-bond acceptors (Lipinski definition) is 8. The molecule has 4 rings (SSSR count). The van der Waals surface area contributed by atoms with Crippen molar-refractivity contribution in [1.82, 2.24) is 4.90 Å². The predicted octanol–water partition coefficient (Wildman–Crippen LogP) is 5.46. The minimum Gasteiger partial charge on any atom is -0.496 e. The Labute approximate surface area is 228 Å². The Balaban J connectivity index is 1.53. The first-order valence-electron chi connectivity index (χ1n) is 12.2. The topological polar surface area (TPSA) is 94.2 Å². The molecular formula is C28H31ClN2O6S. The molecule has 8 nitrogen and oxygen atoms in total. The molecule has 1 aliphatic rings. The highest BCUT2D eigenvalue weighted by Crippen LogP contribution is 2.44. The van der Waals surface area contributed by atoms with E-state index in [1.807, 2.05) is 18.2 Å². The highest BCUT2D eigenvalue weighted by Gasteiger charge is 2.31. The van der Waals surface area contributed by atoms with Crippen molar-refractivity contribution < 1.29 is 27.4 Å². The molecule has 0 fully saturated rings. The molecule has 0 spiro atoms. The van der Waals surface area contributed by atoms with Gasteiger partial charge in [-0.25, -0.2) is 13.2 Å².